The van der Waals surface area contributed by atoms with E-state index in [0.29, 0.717) is 35.5 Å². The highest BCUT2D eigenvalue weighted by Gasteiger charge is 2.31. The van der Waals surface area contributed by atoms with E-state index >= 15 is 0 Å². The summed E-state index contributed by atoms with van der Waals surface area (Å²) in [6.45, 7) is 6.76. The third-order valence-electron chi connectivity index (χ3n) is 7.58. The topological polar surface area (TPSA) is 128 Å². The molecule has 9 nitrogen and oxygen atoms in total. The summed E-state index contributed by atoms with van der Waals surface area (Å²) < 4.78 is 55.5. The standard InChI is InChI=1S/C33H40F2N4O5S/c1-4-10-39(11-5-2)33(42)24-13-21(3)12-23(17-24)32(41)37-29(16-22-14-25(34)18-26(35)15-22)31(40)19-36-30-20-45(43,44)38-28-9-7-6-8-27(28)30/h6-9,12-15,17-18,29-31,36,38,40H,4-5,10-11,16,19-20H2,1-3H3,(H,37,41)/t29-,30+,31?/m1/s1. The van der Waals surface area contributed by atoms with Crippen LogP contribution < -0.4 is 15.4 Å². The Morgan fingerprint density at radius 2 is 1.64 bits per heavy atom. The molecule has 0 saturated carbocycles. The molecule has 2 amide bonds. The molecule has 0 radical (unpaired) electrons. The first kappa shape index (κ1) is 34.0. The van der Waals surface area contributed by atoms with Crippen LogP contribution in [0, 0.1) is 18.6 Å². The minimum absolute atomic E-state index is 0.122. The SMILES string of the molecule is CCCN(CCC)C(=O)c1cc(C)cc(C(=O)N[C@H](Cc2cc(F)cc(F)c2)C(O)CN[C@H]2CS(=O)(=O)Nc3ccccc32)c1. The maximum Gasteiger partial charge on any atom is 0.253 e. The number of hydrogen-bond acceptors (Lipinski definition) is 6. The molecule has 1 heterocycles. The van der Waals surface area contributed by atoms with Crippen LogP contribution in [0.5, 0.6) is 0 Å². The fourth-order valence-corrected chi connectivity index (χ4v) is 6.92. The highest BCUT2D eigenvalue weighted by molar-refractivity contribution is 7.92. The van der Waals surface area contributed by atoms with Gasteiger partial charge in [0.05, 0.1) is 29.6 Å². The number of carbonyl (C=O) groups is 2. The number of aliphatic hydroxyl groups excluding tert-OH is 1. The summed E-state index contributed by atoms with van der Waals surface area (Å²) in [5.74, 6) is -2.64. The Balaban J connectivity index is 1.58. The lowest BCUT2D eigenvalue weighted by Gasteiger charge is -2.30. The molecule has 1 aliphatic rings. The van der Waals surface area contributed by atoms with Gasteiger partial charge < -0.3 is 20.6 Å². The second kappa shape index (κ2) is 14.9. The number of benzene rings is 3. The Labute approximate surface area is 263 Å². The smallest absolute Gasteiger partial charge is 0.253 e. The van der Waals surface area contributed by atoms with Crippen molar-refractivity contribution in [1.82, 2.24) is 15.5 Å². The van der Waals surface area contributed by atoms with Crippen LogP contribution in [0.1, 0.15) is 70.1 Å². The number of nitrogens with zero attached hydrogens (tertiary/aromatic N) is 1. The van der Waals surface area contributed by atoms with E-state index < -0.39 is 45.8 Å². The molecule has 0 fully saturated rings. The number of anilines is 1. The van der Waals surface area contributed by atoms with Gasteiger partial charge in [0.25, 0.3) is 11.8 Å². The molecular formula is C33H40F2N4O5S. The third kappa shape index (κ3) is 9.09. The summed E-state index contributed by atoms with van der Waals surface area (Å²) in [5.41, 5.74) is 2.58. The molecule has 0 bridgehead atoms. The van der Waals surface area contributed by atoms with Gasteiger partial charge in [-0.05, 0) is 79.3 Å². The van der Waals surface area contributed by atoms with Crippen molar-refractivity contribution in [3.8, 4) is 0 Å². The molecule has 0 aromatic heterocycles. The molecule has 1 unspecified atom stereocenters. The first-order chi connectivity index (χ1) is 21.4. The molecule has 3 atom stereocenters. The van der Waals surface area contributed by atoms with Crippen molar-refractivity contribution in [1.29, 1.82) is 0 Å². The lowest BCUT2D eigenvalue weighted by atomic mass is 9.98. The van der Waals surface area contributed by atoms with Crippen molar-refractivity contribution >= 4 is 27.5 Å². The van der Waals surface area contributed by atoms with Crippen LogP contribution in [0.4, 0.5) is 14.5 Å². The zero-order valence-electron chi connectivity index (χ0n) is 25.6. The molecular weight excluding hydrogens is 602 g/mol. The van der Waals surface area contributed by atoms with Gasteiger partial charge in [-0.3, -0.25) is 14.3 Å². The van der Waals surface area contributed by atoms with Gasteiger partial charge in [0.15, 0.2) is 0 Å². The number of aryl methyl sites for hydroxylation is 1. The molecule has 4 N–H and O–H groups in total. The van der Waals surface area contributed by atoms with E-state index in [-0.39, 0.29) is 35.8 Å². The quantitative estimate of drug-likeness (QED) is 0.220. The van der Waals surface area contributed by atoms with E-state index in [0.717, 1.165) is 31.0 Å². The minimum Gasteiger partial charge on any atom is -0.390 e. The van der Waals surface area contributed by atoms with Crippen molar-refractivity contribution in [2.24, 2.45) is 0 Å². The van der Waals surface area contributed by atoms with Gasteiger partial charge in [0.1, 0.15) is 11.6 Å². The number of fused-ring (bicyclic) bond motifs is 1. The zero-order valence-corrected chi connectivity index (χ0v) is 26.5. The summed E-state index contributed by atoms with van der Waals surface area (Å²) in [6.07, 6.45) is 0.158. The number of carbonyl (C=O) groups excluding carboxylic acids is 2. The molecule has 4 rings (SSSR count). The van der Waals surface area contributed by atoms with Gasteiger partial charge in [-0.15, -0.1) is 0 Å². The van der Waals surface area contributed by atoms with E-state index in [4.69, 9.17) is 0 Å². The fraction of sp³-hybridized carbons (Fsp3) is 0.394. The molecule has 45 heavy (non-hydrogen) atoms. The van der Waals surface area contributed by atoms with E-state index in [1.54, 1.807) is 48.2 Å². The number of halogens is 2. The Morgan fingerprint density at radius 3 is 2.31 bits per heavy atom. The molecule has 12 heteroatoms. The van der Waals surface area contributed by atoms with Crippen LogP contribution in [-0.4, -0.2) is 67.8 Å². The summed E-state index contributed by atoms with van der Waals surface area (Å²) in [6, 6.07) is 13.0. The molecule has 3 aromatic carbocycles. The van der Waals surface area contributed by atoms with Crippen molar-refractivity contribution in [2.45, 2.75) is 58.2 Å². The number of para-hydroxylation sites is 1. The van der Waals surface area contributed by atoms with Crippen molar-refractivity contribution in [3.05, 3.63) is 100 Å². The van der Waals surface area contributed by atoms with Crippen LogP contribution in [0.3, 0.4) is 0 Å². The molecule has 0 aliphatic carbocycles. The average molecular weight is 643 g/mol. The van der Waals surface area contributed by atoms with Crippen molar-refractivity contribution in [3.63, 3.8) is 0 Å². The highest BCUT2D eigenvalue weighted by Crippen LogP contribution is 2.30. The summed E-state index contributed by atoms with van der Waals surface area (Å²) >= 11 is 0. The van der Waals surface area contributed by atoms with Gasteiger partial charge in [-0.2, -0.15) is 0 Å². The van der Waals surface area contributed by atoms with Gasteiger partial charge in [0, 0.05) is 36.8 Å². The molecule has 0 saturated heterocycles. The van der Waals surface area contributed by atoms with Crippen LogP contribution in [0.15, 0.2) is 60.7 Å². The summed E-state index contributed by atoms with van der Waals surface area (Å²) in [7, 11) is -3.63. The Morgan fingerprint density at radius 1 is 1.00 bits per heavy atom. The van der Waals surface area contributed by atoms with Crippen LogP contribution in [-0.2, 0) is 16.4 Å². The number of nitrogens with one attached hydrogen (secondary N) is 3. The lowest BCUT2D eigenvalue weighted by Crippen LogP contribution is -2.50. The van der Waals surface area contributed by atoms with E-state index in [1.807, 2.05) is 13.8 Å². The number of rotatable bonds is 13. The second-order valence-electron chi connectivity index (χ2n) is 11.4. The largest absolute Gasteiger partial charge is 0.390 e. The average Bonchev–Trinajstić information content (AvgIpc) is 2.97. The molecule has 242 valence electrons. The normalized spacial score (nSPS) is 16.6. The second-order valence-corrected chi connectivity index (χ2v) is 13.2. The molecule has 1 aliphatic heterocycles. The first-order valence-electron chi connectivity index (χ1n) is 15.1. The maximum atomic E-state index is 14.0. The molecule has 3 aromatic rings. The fourth-order valence-electron chi connectivity index (χ4n) is 5.58. The van der Waals surface area contributed by atoms with Gasteiger partial charge in [-0.25, -0.2) is 17.2 Å². The third-order valence-corrected chi connectivity index (χ3v) is 8.88. The zero-order chi connectivity index (χ0) is 32.7. The Kier molecular flexibility index (Phi) is 11.3. The number of aliphatic hydroxyl groups is 1. The first-order valence-corrected chi connectivity index (χ1v) is 16.7. The van der Waals surface area contributed by atoms with Crippen molar-refractivity contribution in [2.75, 3.05) is 30.1 Å². The predicted molar refractivity (Wildman–Crippen MR) is 170 cm³/mol. The Bertz CT molecular complexity index is 1610. The number of sulfonamides is 1. The van der Waals surface area contributed by atoms with Crippen LogP contribution in [0.2, 0.25) is 0 Å². The minimum atomic E-state index is -3.63. The molecule has 0 spiro atoms. The maximum absolute atomic E-state index is 14.0. The summed E-state index contributed by atoms with van der Waals surface area (Å²) in [4.78, 5) is 28.6. The summed E-state index contributed by atoms with van der Waals surface area (Å²) in [5, 5.41) is 17.2. The number of hydrogen-bond donors (Lipinski definition) is 4. The monoisotopic (exact) mass is 642 g/mol. The Hall–Kier alpha value is -3.87. The van der Waals surface area contributed by atoms with Gasteiger partial charge in [-0.1, -0.05) is 32.0 Å². The van der Waals surface area contributed by atoms with Gasteiger partial charge in [0.2, 0.25) is 10.0 Å². The van der Waals surface area contributed by atoms with Crippen LogP contribution in [0.25, 0.3) is 0 Å². The predicted octanol–water partition coefficient (Wildman–Crippen LogP) is 4.32. The van der Waals surface area contributed by atoms with Crippen LogP contribution >= 0.6 is 0 Å². The van der Waals surface area contributed by atoms with Gasteiger partial charge >= 0.3 is 0 Å². The van der Waals surface area contributed by atoms with Crippen molar-refractivity contribution < 1.29 is 31.9 Å². The van der Waals surface area contributed by atoms with E-state index in [2.05, 4.69) is 15.4 Å². The van der Waals surface area contributed by atoms with E-state index in [9.17, 15) is 31.9 Å². The van der Waals surface area contributed by atoms with E-state index in [1.165, 1.54) is 6.07 Å². The highest BCUT2D eigenvalue weighted by atomic mass is 32.2. The lowest BCUT2D eigenvalue weighted by molar-refractivity contribution is 0.0755. The number of amides is 2.